The van der Waals surface area contributed by atoms with E-state index in [0.29, 0.717) is 6.42 Å². The molecule has 0 unspecified atom stereocenters. The van der Waals surface area contributed by atoms with E-state index in [4.69, 9.17) is 5.11 Å². The van der Waals surface area contributed by atoms with E-state index < -0.39 is 17.9 Å². The van der Waals surface area contributed by atoms with Crippen LogP contribution in [0.15, 0.2) is 0 Å². The van der Waals surface area contributed by atoms with Crippen molar-refractivity contribution in [3.63, 3.8) is 0 Å². The third-order valence-electron chi connectivity index (χ3n) is 5.05. The fraction of sp³-hybridized carbons (Fsp3) is 0.812. The lowest BCUT2D eigenvalue weighted by atomic mass is 10.0. The van der Waals surface area contributed by atoms with Gasteiger partial charge in [0.2, 0.25) is 11.8 Å². The lowest BCUT2D eigenvalue weighted by Gasteiger charge is -2.16. The number of nitrogens with one attached hydrogen (secondary N) is 2. The second kappa shape index (κ2) is 6.26. The number of hydrogen-bond acceptors (Lipinski definition) is 3. The minimum absolute atomic E-state index is 0.0885. The molecule has 0 bridgehead atoms. The van der Waals surface area contributed by atoms with Gasteiger partial charge in [-0.2, -0.15) is 0 Å². The average Bonchev–Trinajstić information content (AvgIpc) is 2.75. The van der Waals surface area contributed by atoms with E-state index in [1.54, 1.807) is 0 Å². The first-order valence-electron chi connectivity index (χ1n) is 7.71. The quantitative estimate of drug-likeness (QED) is 0.662. The third kappa shape index (κ3) is 3.78. The molecule has 0 spiro atoms. The minimum atomic E-state index is -1.06. The molecular formula is C16H28N2O4. The van der Waals surface area contributed by atoms with Gasteiger partial charge in [0.25, 0.3) is 0 Å². The highest BCUT2D eigenvalue weighted by molar-refractivity contribution is 5.90. The van der Waals surface area contributed by atoms with Crippen LogP contribution in [0.3, 0.4) is 0 Å². The average molecular weight is 312 g/mol. The summed E-state index contributed by atoms with van der Waals surface area (Å²) in [5.74, 6) is -1.65. The Balaban J connectivity index is 2.46. The third-order valence-corrected chi connectivity index (χ3v) is 5.05. The molecule has 0 aromatic carbocycles. The SMILES string of the molecule is CC(C)C[C@H](NC(=O)CNC(=O)C1C(C)(C)C1(C)C)C(=O)O. The first-order chi connectivity index (χ1) is 9.91. The molecule has 0 saturated heterocycles. The van der Waals surface area contributed by atoms with Crippen LogP contribution in [-0.4, -0.2) is 35.5 Å². The molecule has 0 aromatic rings. The van der Waals surface area contributed by atoms with Gasteiger partial charge in [0, 0.05) is 5.92 Å². The molecule has 1 aliphatic rings. The Kier molecular flexibility index (Phi) is 5.25. The molecule has 1 rings (SSSR count). The summed E-state index contributed by atoms with van der Waals surface area (Å²) in [5.41, 5.74) is -0.177. The van der Waals surface area contributed by atoms with Gasteiger partial charge in [-0.05, 0) is 23.2 Å². The summed E-state index contributed by atoms with van der Waals surface area (Å²) >= 11 is 0. The van der Waals surface area contributed by atoms with Crippen molar-refractivity contribution >= 4 is 17.8 Å². The Hall–Kier alpha value is -1.59. The van der Waals surface area contributed by atoms with Crippen LogP contribution >= 0.6 is 0 Å². The summed E-state index contributed by atoms with van der Waals surface area (Å²) in [7, 11) is 0. The van der Waals surface area contributed by atoms with Crippen molar-refractivity contribution in [3.8, 4) is 0 Å². The molecule has 0 aromatic heterocycles. The number of rotatable bonds is 7. The summed E-state index contributed by atoms with van der Waals surface area (Å²) < 4.78 is 0. The fourth-order valence-electron chi connectivity index (χ4n) is 3.06. The van der Waals surface area contributed by atoms with Crippen LogP contribution in [-0.2, 0) is 14.4 Å². The molecule has 0 heterocycles. The molecule has 2 amide bonds. The van der Waals surface area contributed by atoms with Crippen molar-refractivity contribution in [2.45, 2.75) is 54.0 Å². The van der Waals surface area contributed by atoms with E-state index in [9.17, 15) is 14.4 Å². The van der Waals surface area contributed by atoms with Crippen LogP contribution < -0.4 is 10.6 Å². The van der Waals surface area contributed by atoms with Crippen LogP contribution in [0, 0.1) is 22.7 Å². The Labute approximate surface area is 132 Å². The Morgan fingerprint density at radius 2 is 1.59 bits per heavy atom. The van der Waals surface area contributed by atoms with Crippen LogP contribution in [0.2, 0.25) is 0 Å². The summed E-state index contributed by atoms with van der Waals surface area (Å²) in [6, 6.07) is -0.918. The molecule has 22 heavy (non-hydrogen) atoms. The lowest BCUT2D eigenvalue weighted by Crippen LogP contribution is -2.46. The first-order valence-corrected chi connectivity index (χ1v) is 7.71. The Bertz CT molecular complexity index is 455. The smallest absolute Gasteiger partial charge is 0.326 e. The highest BCUT2D eigenvalue weighted by atomic mass is 16.4. The number of amides is 2. The van der Waals surface area contributed by atoms with Crippen molar-refractivity contribution in [3.05, 3.63) is 0 Å². The van der Waals surface area contributed by atoms with Gasteiger partial charge < -0.3 is 15.7 Å². The molecule has 6 heteroatoms. The van der Waals surface area contributed by atoms with Crippen LogP contribution in [0.1, 0.15) is 48.0 Å². The number of carbonyl (C=O) groups excluding carboxylic acids is 2. The summed E-state index contributed by atoms with van der Waals surface area (Å²) in [6.45, 7) is 11.7. The van der Waals surface area contributed by atoms with Gasteiger partial charge in [-0.15, -0.1) is 0 Å². The van der Waals surface area contributed by atoms with E-state index >= 15 is 0 Å². The topological polar surface area (TPSA) is 95.5 Å². The zero-order valence-corrected chi connectivity index (χ0v) is 14.3. The lowest BCUT2D eigenvalue weighted by molar-refractivity contribution is -0.142. The summed E-state index contributed by atoms with van der Waals surface area (Å²) in [4.78, 5) is 35.0. The minimum Gasteiger partial charge on any atom is -0.480 e. The maximum atomic E-state index is 12.1. The fourth-order valence-corrected chi connectivity index (χ4v) is 3.06. The highest BCUT2D eigenvalue weighted by Gasteiger charge is 2.68. The second-order valence-corrected chi connectivity index (χ2v) is 7.68. The molecule has 0 aliphatic heterocycles. The Morgan fingerprint density at radius 1 is 1.09 bits per heavy atom. The number of aliphatic carboxylic acids is 1. The van der Waals surface area contributed by atoms with Crippen molar-refractivity contribution in [1.29, 1.82) is 0 Å². The van der Waals surface area contributed by atoms with Crippen LogP contribution in [0.5, 0.6) is 0 Å². The molecule has 1 atom stereocenters. The van der Waals surface area contributed by atoms with Gasteiger partial charge in [-0.1, -0.05) is 41.5 Å². The zero-order valence-electron chi connectivity index (χ0n) is 14.3. The maximum Gasteiger partial charge on any atom is 0.326 e. The number of carboxylic acids is 1. The van der Waals surface area contributed by atoms with Crippen molar-refractivity contribution in [1.82, 2.24) is 10.6 Å². The number of carbonyl (C=O) groups is 3. The maximum absolute atomic E-state index is 12.1. The summed E-state index contributed by atoms with van der Waals surface area (Å²) in [6.07, 6.45) is 0.359. The molecule has 126 valence electrons. The molecule has 1 aliphatic carbocycles. The zero-order chi connectivity index (χ0) is 17.3. The van der Waals surface area contributed by atoms with E-state index in [-0.39, 0.29) is 35.1 Å². The summed E-state index contributed by atoms with van der Waals surface area (Å²) in [5, 5.41) is 14.1. The molecule has 6 nitrogen and oxygen atoms in total. The highest BCUT2D eigenvalue weighted by Crippen LogP contribution is 2.68. The van der Waals surface area contributed by atoms with Crippen molar-refractivity contribution < 1.29 is 19.5 Å². The van der Waals surface area contributed by atoms with Gasteiger partial charge in [-0.3, -0.25) is 9.59 Å². The van der Waals surface area contributed by atoms with E-state index in [1.165, 1.54) is 0 Å². The first kappa shape index (κ1) is 18.5. The largest absolute Gasteiger partial charge is 0.480 e. The Morgan fingerprint density at radius 3 is 1.95 bits per heavy atom. The monoisotopic (exact) mass is 312 g/mol. The van der Waals surface area contributed by atoms with Crippen molar-refractivity contribution in [2.75, 3.05) is 6.54 Å². The van der Waals surface area contributed by atoms with Crippen molar-refractivity contribution in [2.24, 2.45) is 22.7 Å². The molecule has 1 fully saturated rings. The van der Waals surface area contributed by atoms with Gasteiger partial charge >= 0.3 is 5.97 Å². The van der Waals surface area contributed by atoms with Gasteiger partial charge in [-0.25, -0.2) is 4.79 Å². The van der Waals surface area contributed by atoms with E-state index in [1.807, 2.05) is 41.5 Å². The standard InChI is InChI=1S/C16H28N2O4/c1-9(2)7-10(14(21)22)18-11(19)8-17-13(20)12-15(3,4)16(12,5)6/h9-10,12H,7-8H2,1-6H3,(H,17,20)(H,18,19)(H,21,22)/t10-/m0/s1. The van der Waals surface area contributed by atoms with Gasteiger partial charge in [0.1, 0.15) is 6.04 Å². The van der Waals surface area contributed by atoms with Crippen LogP contribution in [0.4, 0.5) is 0 Å². The van der Waals surface area contributed by atoms with Gasteiger partial charge in [0.15, 0.2) is 0 Å². The molecular weight excluding hydrogens is 284 g/mol. The normalized spacial score (nSPS) is 20.3. The van der Waals surface area contributed by atoms with Gasteiger partial charge in [0.05, 0.1) is 6.54 Å². The number of carboxylic acid groups (broad SMARTS) is 1. The molecule has 0 radical (unpaired) electrons. The van der Waals surface area contributed by atoms with E-state index in [0.717, 1.165) is 0 Å². The number of hydrogen-bond donors (Lipinski definition) is 3. The van der Waals surface area contributed by atoms with Crippen LogP contribution in [0.25, 0.3) is 0 Å². The predicted molar refractivity (Wildman–Crippen MR) is 83.1 cm³/mol. The molecule has 3 N–H and O–H groups in total. The molecule has 1 saturated carbocycles. The second-order valence-electron chi connectivity index (χ2n) is 7.68. The van der Waals surface area contributed by atoms with E-state index in [2.05, 4.69) is 10.6 Å². The predicted octanol–water partition coefficient (Wildman–Crippen LogP) is 1.40.